The molecular weight excluding hydrogens is 509 g/mol. The van der Waals surface area contributed by atoms with Crippen molar-refractivity contribution < 1.29 is 38.8 Å². The zero-order valence-electron chi connectivity index (χ0n) is 19.1. The van der Waals surface area contributed by atoms with Crippen LogP contribution < -0.4 is 5.73 Å². The number of nitrogens with two attached hydrogens (primary N) is 1. The van der Waals surface area contributed by atoms with Crippen LogP contribution in [0.15, 0.2) is 35.7 Å². The van der Waals surface area contributed by atoms with Gasteiger partial charge in [-0.3, -0.25) is 4.57 Å². The number of ether oxygens (including phenoxy) is 2. The van der Waals surface area contributed by atoms with E-state index in [1.165, 1.54) is 24.3 Å². The first-order chi connectivity index (χ1) is 18.1. The number of azide groups is 1. The largest absolute Gasteiger partial charge is 0.479 e. The molecule has 3 aromatic rings. The molecule has 1 saturated heterocycles. The smallest absolute Gasteiger partial charge is 0.348 e. The number of aliphatic carboxylic acids is 2. The lowest BCUT2D eigenvalue weighted by Gasteiger charge is -2.27. The number of carboxylic acid groups (broad SMARTS) is 2. The number of fused-ring (bicyclic) bond motifs is 1. The number of nitrogen functional groups attached to an aromatic ring is 1. The average molecular weight is 527 g/mol. The minimum absolute atomic E-state index is 0.0299. The van der Waals surface area contributed by atoms with Gasteiger partial charge in [-0.1, -0.05) is 12.1 Å². The molecule has 0 saturated carbocycles. The van der Waals surface area contributed by atoms with Crippen molar-refractivity contribution in [1.82, 2.24) is 19.5 Å². The second-order valence-corrected chi connectivity index (χ2v) is 8.16. The lowest BCUT2D eigenvalue weighted by molar-refractivity contribution is -0.190. The van der Waals surface area contributed by atoms with Gasteiger partial charge in [0, 0.05) is 11.3 Å². The maximum atomic E-state index is 15.1. The summed E-state index contributed by atoms with van der Waals surface area (Å²) in [4.78, 5) is 38.4. The van der Waals surface area contributed by atoms with Crippen molar-refractivity contribution >= 4 is 34.9 Å². The summed E-state index contributed by atoms with van der Waals surface area (Å²) < 4.78 is 27.1. The minimum Gasteiger partial charge on any atom is -0.479 e. The minimum atomic E-state index is -2.84. The van der Waals surface area contributed by atoms with E-state index in [1.807, 2.05) is 6.07 Å². The fourth-order valence-corrected chi connectivity index (χ4v) is 3.94. The molecule has 1 aliphatic rings. The van der Waals surface area contributed by atoms with Gasteiger partial charge in [-0.25, -0.2) is 28.9 Å². The molecule has 0 spiro atoms. The van der Waals surface area contributed by atoms with Gasteiger partial charge in [0.05, 0.1) is 24.6 Å². The second kappa shape index (κ2) is 10.2. The number of halogens is 1. The van der Waals surface area contributed by atoms with Gasteiger partial charge < -0.3 is 30.5 Å². The zero-order valence-corrected chi connectivity index (χ0v) is 19.1. The summed E-state index contributed by atoms with van der Waals surface area (Å²) in [5, 5.41) is 42.3. The Morgan fingerprint density at radius 1 is 1.37 bits per heavy atom. The third kappa shape index (κ3) is 4.63. The van der Waals surface area contributed by atoms with Crippen LogP contribution in [0, 0.1) is 11.3 Å². The number of nitrogens with zero attached hydrogens (tertiary/aromatic N) is 8. The zero-order chi connectivity index (χ0) is 27.6. The van der Waals surface area contributed by atoms with Crippen molar-refractivity contribution in [1.29, 1.82) is 5.26 Å². The Balaban J connectivity index is 1.60. The first kappa shape index (κ1) is 26.2. The van der Waals surface area contributed by atoms with Crippen LogP contribution in [0.3, 0.4) is 0 Å². The first-order valence-corrected chi connectivity index (χ1v) is 10.7. The lowest BCUT2D eigenvalue weighted by atomic mass is 9.93. The maximum absolute atomic E-state index is 15.1. The molecule has 1 aromatic carbocycles. The van der Waals surface area contributed by atoms with Gasteiger partial charge in [0.1, 0.15) is 17.7 Å². The van der Waals surface area contributed by atoms with E-state index in [4.69, 9.17) is 26.0 Å². The highest BCUT2D eigenvalue weighted by Gasteiger charge is 2.52. The number of carboxylic acids is 2. The Morgan fingerprint density at radius 2 is 2.11 bits per heavy atom. The number of aliphatic hydroxyl groups is 1. The van der Waals surface area contributed by atoms with Gasteiger partial charge in [-0.2, -0.15) is 5.26 Å². The molecule has 196 valence electrons. The predicted molar refractivity (Wildman–Crippen MR) is 122 cm³/mol. The average Bonchev–Trinajstić information content (AvgIpc) is 3.42. The summed E-state index contributed by atoms with van der Waals surface area (Å²) in [6.07, 6.45) is -6.63. The Kier molecular flexibility index (Phi) is 7.06. The Morgan fingerprint density at radius 3 is 2.76 bits per heavy atom. The summed E-state index contributed by atoms with van der Waals surface area (Å²) in [5.41, 5.74) is 11.9. The van der Waals surface area contributed by atoms with Crippen molar-refractivity contribution in [3.05, 3.63) is 52.2 Å². The molecule has 0 bridgehead atoms. The highest BCUT2D eigenvalue weighted by molar-refractivity contribution is 6.02. The van der Waals surface area contributed by atoms with Gasteiger partial charge in [0.15, 0.2) is 23.9 Å². The Hall–Kier alpha value is -4.88. The molecule has 0 unspecified atom stereocenters. The molecule has 5 N–H and O–H groups in total. The molecule has 16 nitrogen and oxygen atoms in total. The molecule has 17 heteroatoms. The molecule has 0 aliphatic carbocycles. The standard InChI is InChI=1S/C21H18FN9O7/c22-12-14(32)11(38-17(12)31-8-26-13-15(24)27-20(29-30-25)28-16(13)31)7-37-21(18(33)34,19(35)36)5-9-2-1-3-10(4-9)6-23/h1-4,8,11-12,14,17,32H,5,7H2,(H,33,34)(H,35,36)(H2,24,27,28)/t11-,12+,14-,17-/m1/s1. The number of benzene rings is 1. The van der Waals surface area contributed by atoms with Gasteiger partial charge in [0.25, 0.3) is 5.60 Å². The van der Waals surface area contributed by atoms with Crippen molar-refractivity contribution in [2.75, 3.05) is 12.3 Å². The second-order valence-electron chi connectivity index (χ2n) is 8.16. The SMILES string of the molecule is N#Cc1cccc(CC(OC[C@H]2O[C@@H](n3cnc4c(N)nc(N=[N+]=[N-])nc43)[C@@H](F)[C@@H]2O)(C(=O)O)C(=O)O)c1. The number of anilines is 1. The van der Waals surface area contributed by atoms with Crippen LogP contribution in [0.5, 0.6) is 0 Å². The van der Waals surface area contributed by atoms with Gasteiger partial charge in [0.2, 0.25) is 5.95 Å². The summed E-state index contributed by atoms with van der Waals surface area (Å²) in [5.74, 6) is -4.25. The Bertz CT molecular complexity index is 1490. The number of carbonyl (C=O) groups is 2. The van der Waals surface area contributed by atoms with Crippen LogP contribution >= 0.6 is 0 Å². The highest BCUT2D eigenvalue weighted by atomic mass is 19.1. The number of nitriles is 1. The molecular formula is C21H18FN9O7. The van der Waals surface area contributed by atoms with Crippen LogP contribution in [0.1, 0.15) is 17.4 Å². The van der Waals surface area contributed by atoms with Crippen molar-refractivity contribution in [3.8, 4) is 6.07 Å². The number of aliphatic hydroxyl groups excluding tert-OH is 1. The van der Waals surface area contributed by atoms with Crippen LogP contribution in [-0.4, -0.2) is 77.4 Å². The van der Waals surface area contributed by atoms with Gasteiger partial charge >= 0.3 is 11.9 Å². The van der Waals surface area contributed by atoms with Crippen LogP contribution in [0.2, 0.25) is 0 Å². The van der Waals surface area contributed by atoms with E-state index in [0.717, 1.165) is 10.9 Å². The van der Waals surface area contributed by atoms with Gasteiger partial charge in [-0.05, 0) is 28.3 Å². The quantitative estimate of drug-likeness (QED) is 0.131. The summed E-state index contributed by atoms with van der Waals surface area (Å²) in [6.45, 7) is -0.831. The fourth-order valence-electron chi connectivity index (χ4n) is 3.94. The number of rotatable bonds is 9. The van der Waals surface area contributed by atoms with E-state index < -0.39 is 55.2 Å². The molecule has 1 fully saturated rings. The van der Waals surface area contributed by atoms with Crippen molar-refractivity contribution in [2.24, 2.45) is 5.11 Å². The molecule has 38 heavy (non-hydrogen) atoms. The Labute approximate surface area is 211 Å². The third-order valence-corrected chi connectivity index (χ3v) is 5.83. The predicted octanol–water partition coefficient (Wildman–Crippen LogP) is 0.986. The van der Waals surface area contributed by atoms with Crippen molar-refractivity contribution in [3.63, 3.8) is 0 Å². The normalized spacial score (nSPS) is 21.1. The fraction of sp³-hybridized carbons (Fsp3) is 0.333. The number of imidazole rings is 1. The first-order valence-electron chi connectivity index (χ1n) is 10.7. The molecule has 3 heterocycles. The molecule has 4 rings (SSSR count). The third-order valence-electron chi connectivity index (χ3n) is 5.83. The number of aromatic nitrogens is 4. The van der Waals surface area contributed by atoms with E-state index in [1.54, 1.807) is 0 Å². The van der Waals surface area contributed by atoms with Crippen molar-refractivity contribution in [2.45, 2.75) is 36.6 Å². The molecule has 2 aromatic heterocycles. The summed E-state index contributed by atoms with van der Waals surface area (Å²) >= 11 is 0. The van der Waals surface area contributed by atoms with E-state index in [2.05, 4.69) is 25.0 Å². The summed E-state index contributed by atoms with van der Waals surface area (Å²) in [6, 6.07) is 7.49. The van der Waals surface area contributed by atoms with Crippen LogP contribution in [-0.2, 0) is 25.5 Å². The molecule has 1 aliphatic heterocycles. The van der Waals surface area contributed by atoms with Crippen LogP contribution in [0.25, 0.3) is 21.6 Å². The summed E-state index contributed by atoms with van der Waals surface area (Å²) in [7, 11) is 0. The number of alkyl halides is 1. The van der Waals surface area contributed by atoms with E-state index in [0.29, 0.717) is 0 Å². The highest BCUT2D eigenvalue weighted by Crippen LogP contribution is 2.35. The van der Waals surface area contributed by atoms with Crippen LogP contribution in [0.4, 0.5) is 16.2 Å². The maximum Gasteiger partial charge on any atom is 0.348 e. The molecule has 0 amide bonds. The monoisotopic (exact) mass is 527 g/mol. The van der Waals surface area contributed by atoms with E-state index in [-0.39, 0.29) is 34.1 Å². The lowest BCUT2D eigenvalue weighted by Crippen LogP contribution is -2.52. The molecule has 0 radical (unpaired) electrons. The number of hydrogen-bond donors (Lipinski definition) is 4. The number of hydrogen-bond acceptors (Lipinski definition) is 11. The van der Waals surface area contributed by atoms with Gasteiger partial charge in [-0.15, -0.1) is 0 Å². The molecule has 4 atom stereocenters. The van der Waals surface area contributed by atoms with E-state index in [9.17, 15) is 24.9 Å². The topological polar surface area (TPSA) is 255 Å². The van der Waals surface area contributed by atoms with E-state index >= 15 is 4.39 Å².